The number of aromatic nitrogens is 3. The number of hydrogen-bond donors (Lipinski definition) is 0. The average Bonchev–Trinajstić information content (AvgIpc) is 3.29. The predicted molar refractivity (Wildman–Crippen MR) is 132 cm³/mol. The Morgan fingerprint density at radius 3 is 2.53 bits per heavy atom. The molecule has 3 aromatic carbocycles. The Balaban J connectivity index is 1.37. The van der Waals surface area contributed by atoms with Gasteiger partial charge in [0, 0.05) is 37.3 Å². The molecule has 0 atom stereocenters. The van der Waals surface area contributed by atoms with E-state index in [2.05, 4.69) is 15.1 Å². The topological polar surface area (TPSA) is 60.2 Å². The van der Waals surface area contributed by atoms with Crippen molar-refractivity contribution in [2.24, 2.45) is 0 Å². The molecule has 0 N–H and O–H groups in total. The van der Waals surface area contributed by atoms with Crippen molar-refractivity contribution < 1.29 is 13.9 Å². The molecule has 1 aliphatic rings. The van der Waals surface area contributed by atoms with Gasteiger partial charge in [0.15, 0.2) is 16.8 Å². The molecule has 1 aliphatic heterocycles. The molecule has 0 saturated carbocycles. The van der Waals surface area contributed by atoms with Crippen molar-refractivity contribution >= 4 is 28.3 Å². The standard InChI is InChI=1S/C26H25FN4O2S/c27-21-10-8-20(9-11-21)25-28-29-26(31(25)13-12-30-14-16-33-17-15-30)34-18-24(32)23-7-3-5-19-4-1-2-6-22(19)23/h1-11H,12-18H2. The molecule has 0 bridgehead atoms. The van der Waals surface area contributed by atoms with Crippen molar-refractivity contribution in [3.05, 3.63) is 78.1 Å². The number of carbonyl (C=O) groups excluding carboxylic acids is 1. The summed E-state index contributed by atoms with van der Waals surface area (Å²) in [6, 6.07) is 20.0. The van der Waals surface area contributed by atoms with Crippen molar-refractivity contribution in [1.29, 1.82) is 0 Å². The molecule has 8 heteroatoms. The number of morpholine rings is 1. The maximum Gasteiger partial charge on any atom is 0.191 e. The first-order valence-corrected chi connectivity index (χ1v) is 12.3. The highest BCUT2D eigenvalue weighted by atomic mass is 32.2. The molecule has 2 heterocycles. The monoisotopic (exact) mass is 476 g/mol. The number of benzene rings is 3. The van der Waals surface area contributed by atoms with Gasteiger partial charge in [0.25, 0.3) is 0 Å². The van der Waals surface area contributed by atoms with Crippen LogP contribution in [0.1, 0.15) is 10.4 Å². The van der Waals surface area contributed by atoms with E-state index in [1.807, 2.05) is 47.0 Å². The lowest BCUT2D eigenvalue weighted by Gasteiger charge is -2.27. The van der Waals surface area contributed by atoms with E-state index in [4.69, 9.17) is 4.74 Å². The molecule has 34 heavy (non-hydrogen) atoms. The molecule has 0 unspecified atom stereocenters. The third-order valence-corrected chi connectivity index (χ3v) is 6.95. The molecular formula is C26H25FN4O2S. The quantitative estimate of drug-likeness (QED) is 0.275. The van der Waals surface area contributed by atoms with Gasteiger partial charge in [-0.3, -0.25) is 9.69 Å². The molecular weight excluding hydrogens is 451 g/mol. The van der Waals surface area contributed by atoms with Gasteiger partial charge in [-0.05, 0) is 35.0 Å². The largest absolute Gasteiger partial charge is 0.379 e. The molecule has 1 saturated heterocycles. The number of ether oxygens (including phenoxy) is 1. The minimum Gasteiger partial charge on any atom is -0.379 e. The van der Waals surface area contributed by atoms with Gasteiger partial charge in [-0.1, -0.05) is 54.2 Å². The van der Waals surface area contributed by atoms with Gasteiger partial charge in [-0.15, -0.1) is 10.2 Å². The molecule has 0 spiro atoms. The zero-order valence-corrected chi connectivity index (χ0v) is 19.5. The summed E-state index contributed by atoms with van der Waals surface area (Å²) in [7, 11) is 0. The van der Waals surface area contributed by atoms with Gasteiger partial charge in [0.05, 0.1) is 19.0 Å². The van der Waals surface area contributed by atoms with Crippen LogP contribution in [0.2, 0.25) is 0 Å². The SMILES string of the molecule is O=C(CSc1nnc(-c2ccc(F)cc2)n1CCN1CCOCC1)c1cccc2ccccc12. The van der Waals surface area contributed by atoms with Crippen molar-refractivity contribution in [2.45, 2.75) is 11.7 Å². The fourth-order valence-electron chi connectivity index (χ4n) is 4.15. The Morgan fingerprint density at radius 1 is 0.941 bits per heavy atom. The zero-order valence-electron chi connectivity index (χ0n) is 18.7. The van der Waals surface area contributed by atoms with Crippen LogP contribution in [-0.2, 0) is 11.3 Å². The first-order chi connectivity index (χ1) is 16.7. The summed E-state index contributed by atoms with van der Waals surface area (Å²) in [6.45, 7) is 4.72. The van der Waals surface area contributed by atoms with Crippen LogP contribution in [0.4, 0.5) is 4.39 Å². The third kappa shape index (κ3) is 5.04. The number of fused-ring (bicyclic) bond motifs is 1. The molecule has 5 rings (SSSR count). The third-order valence-electron chi connectivity index (χ3n) is 5.99. The highest BCUT2D eigenvalue weighted by Gasteiger charge is 2.19. The van der Waals surface area contributed by atoms with Gasteiger partial charge in [0.2, 0.25) is 0 Å². The molecule has 0 amide bonds. The number of hydrogen-bond acceptors (Lipinski definition) is 6. The number of rotatable bonds is 8. The molecule has 0 aliphatic carbocycles. The smallest absolute Gasteiger partial charge is 0.191 e. The summed E-state index contributed by atoms with van der Waals surface area (Å²) in [6.07, 6.45) is 0. The van der Waals surface area contributed by atoms with Crippen LogP contribution in [0.15, 0.2) is 71.9 Å². The summed E-state index contributed by atoms with van der Waals surface area (Å²) in [5.41, 5.74) is 1.51. The predicted octanol–water partition coefficient (Wildman–Crippen LogP) is 4.54. The normalized spacial score (nSPS) is 14.5. The van der Waals surface area contributed by atoms with Crippen LogP contribution in [0, 0.1) is 5.82 Å². The van der Waals surface area contributed by atoms with E-state index in [0.717, 1.165) is 49.2 Å². The average molecular weight is 477 g/mol. The summed E-state index contributed by atoms with van der Waals surface area (Å²) < 4.78 is 21.0. The molecule has 1 aromatic heterocycles. The van der Waals surface area contributed by atoms with E-state index in [0.29, 0.717) is 23.1 Å². The van der Waals surface area contributed by atoms with Crippen LogP contribution in [-0.4, -0.2) is 64.0 Å². The fourth-order valence-corrected chi connectivity index (χ4v) is 5.00. The Hall–Kier alpha value is -3.07. The van der Waals surface area contributed by atoms with Gasteiger partial charge in [0.1, 0.15) is 5.82 Å². The van der Waals surface area contributed by atoms with Crippen LogP contribution in [0.5, 0.6) is 0 Å². The number of halogens is 1. The second-order valence-corrected chi connectivity index (χ2v) is 9.10. The summed E-state index contributed by atoms with van der Waals surface area (Å²) in [5, 5.41) is 11.5. The molecule has 4 aromatic rings. The van der Waals surface area contributed by atoms with Crippen LogP contribution < -0.4 is 0 Å². The molecule has 174 valence electrons. The lowest BCUT2D eigenvalue weighted by molar-refractivity contribution is 0.0361. The Labute approximate surface area is 201 Å². The lowest BCUT2D eigenvalue weighted by Crippen LogP contribution is -2.38. The van der Waals surface area contributed by atoms with Crippen LogP contribution >= 0.6 is 11.8 Å². The first-order valence-electron chi connectivity index (χ1n) is 11.3. The highest BCUT2D eigenvalue weighted by molar-refractivity contribution is 7.99. The van der Waals surface area contributed by atoms with Gasteiger partial charge in [-0.2, -0.15) is 0 Å². The van der Waals surface area contributed by atoms with E-state index < -0.39 is 0 Å². The summed E-state index contributed by atoms with van der Waals surface area (Å²) >= 11 is 1.39. The molecule has 0 radical (unpaired) electrons. The van der Waals surface area contributed by atoms with Crippen molar-refractivity contribution in [1.82, 2.24) is 19.7 Å². The second kappa shape index (κ2) is 10.5. The maximum absolute atomic E-state index is 13.5. The van der Waals surface area contributed by atoms with E-state index in [-0.39, 0.29) is 17.4 Å². The zero-order chi connectivity index (χ0) is 23.3. The number of carbonyl (C=O) groups is 1. The Kier molecular flexibility index (Phi) is 6.99. The first kappa shape index (κ1) is 22.7. The van der Waals surface area contributed by atoms with Crippen LogP contribution in [0.3, 0.4) is 0 Å². The van der Waals surface area contributed by atoms with E-state index in [1.165, 1.54) is 23.9 Å². The number of Topliss-reactive ketones (excluding diaryl/α,β-unsaturated/α-hetero) is 1. The van der Waals surface area contributed by atoms with Crippen molar-refractivity contribution in [2.75, 3.05) is 38.6 Å². The van der Waals surface area contributed by atoms with Gasteiger partial charge < -0.3 is 9.30 Å². The second-order valence-electron chi connectivity index (χ2n) is 8.16. The minimum atomic E-state index is -0.293. The Bertz CT molecular complexity index is 1280. The van der Waals surface area contributed by atoms with Crippen LogP contribution in [0.25, 0.3) is 22.2 Å². The van der Waals surface area contributed by atoms with E-state index in [9.17, 15) is 9.18 Å². The maximum atomic E-state index is 13.5. The van der Waals surface area contributed by atoms with Crippen molar-refractivity contribution in [3.8, 4) is 11.4 Å². The minimum absolute atomic E-state index is 0.0489. The summed E-state index contributed by atoms with van der Waals surface area (Å²) in [4.78, 5) is 15.5. The number of thioether (sulfide) groups is 1. The summed E-state index contributed by atoms with van der Waals surface area (Å²) in [5.74, 6) is 0.687. The van der Waals surface area contributed by atoms with Crippen molar-refractivity contribution in [3.63, 3.8) is 0 Å². The molecule has 1 fully saturated rings. The van der Waals surface area contributed by atoms with E-state index >= 15 is 0 Å². The Morgan fingerprint density at radius 2 is 1.71 bits per heavy atom. The van der Waals surface area contributed by atoms with E-state index in [1.54, 1.807) is 12.1 Å². The highest BCUT2D eigenvalue weighted by Crippen LogP contribution is 2.26. The number of ketones is 1. The molecule has 6 nitrogen and oxygen atoms in total. The fraction of sp³-hybridized carbons (Fsp3) is 0.269. The lowest BCUT2D eigenvalue weighted by atomic mass is 10.0. The number of nitrogens with zero attached hydrogens (tertiary/aromatic N) is 4. The van der Waals surface area contributed by atoms with Gasteiger partial charge in [-0.25, -0.2) is 4.39 Å². The van der Waals surface area contributed by atoms with Gasteiger partial charge >= 0.3 is 0 Å².